The van der Waals surface area contributed by atoms with E-state index in [4.69, 9.17) is 4.98 Å². The molecule has 0 bridgehead atoms. The quantitative estimate of drug-likeness (QED) is 0.274. The third kappa shape index (κ3) is 4.69. The van der Waals surface area contributed by atoms with Gasteiger partial charge in [0.15, 0.2) is 5.16 Å². The standard InChI is InChI=1S/C24H20F2N2O3S2/c1-15-11-16(2)13-18(12-15)28-22(29)20-5-3-4-6-21(20)27-24(28)32-14-17-7-9-19(10-8-17)33(30,31)23(25)26/h3-13,23H,14H2,1-2H3. The van der Waals surface area contributed by atoms with Gasteiger partial charge in [-0.25, -0.2) is 13.4 Å². The summed E-state index contributed by atoms with van der Waals surface area (Å²) in [5.41, 5.74) is 3.82. The highest BCUT2D eigenvalue weighted by Gasteiger charge is 2.26. The van der Waals surface area contributed by atoms with E-state index >= 15 is 0 Å². The van der Waals surface area contributed by atoms with Gasteiger partial charge in [0.05, 0.1) is 21.5 Å². The molecule has 0 atom stereocenters. The Morgan fingerprint density at radius 3 is 2.24 bits per heavy atom. The Balaban J connectivity index is 1.74. The molecule has 0 unspecified atom stereocenters. The summed E-state index contributed by atoms with van der Waals surface area (Å²) >= 11 is 1.31. The average Bonchev–Trinajstić information content (AvgIpc) is 2.77. The maximum atomic E-state index is 13.4. The van der Waals surface area contributed by atoms with Gasteiger partial charge in [-0.15, -0.1) is 0 Å². The van der Waals surface area contributed by atoms with Crippen molar-refractivity contribution in [1.82, 2.24) is 9.55 Å². The topological polar surface area (TPSA) is 69.0 Å². The van der Waals surface area contributed by atoms with E-state index in [1.54, 1.807) is 22.8 Å². The van der Waals surface area contributed by atoms with Gasteiger partial charge < -0.3 is 0 Å². The first-order valence-corrected chi connectivity index (χ1v) is 12.5. The molecule has 5 nitrogen and oxygen atoms in total. The largest absolute Gasteiger partial charge is 0.341 e. The molecule has 0 aliphatic carbocycles. The summed E-state index contributed by atoms with van der Waals surface area (Å²) in [6.07, 6.45) is 0. The molecule has 0 N–H and O–H groups in total. The maximum Gasteiger partial charge on any atom is 0.341 e. The summed E-state index contributed by atoms with van der Waals surface area (Å²) in [6.45, 7) is 3.91. The van der Waals surface area contributed by atoms with E-state index in [-0.39, 0.29) is 5.56 Å². The van der Waals surface area contributed by atoms with Gasteiger partial charge in [-0.3, -0.25) is 9.36 Å². The normalized spacial score (nSPS) is 11.9. The second kappa shape index (κ2) is 9.07. The molecule has 0 aliphatic rings. The lowest BCUT2D eigenvalue weighted by Gasteiger charge is -2.14. The highest BCUT2D eigenvalue weighted by atomic mass is 32.2. The minimum absolute atomic E-state index is 0.188. The van der Waals surface area contributed by atoms with Crippen LogP contribution in [0.15, 0.2) is 81.6 Å². The summed E-state index contributed by atoms with van der Waals surface area (Å²) < 4.78 is 50.4. The monoisotopic (exact) mass is 486 g/mol. The molecule has 0 aliphatic heterocycles. The molecule has 4 aromatic rings. The number of aromatic nitrogens is 2. The number of hydrogen-bond acceptors (Lipinski definition) is 5. The molecule has 0 saturated carbocycles. The molecular weight excluding hydrogens is 466 g/mol. The molecule has 0 radical (unpaired) electrons. The van der Waals surface area contributed by atoms with Crippen molar-refractivity contribution in [3.63, 3.8) is 0 Å². The van der Waals surface area contributed by atoms with E-state index in [1.165, 1.54) is 36.0 Å². The number of alkyl halides is 2. The predicted molar refractivity (Wildman–Crippen MR) is 126 cm³/mol. The molecule has 4 rings (SSSR count). The number of para-hydroxylation sites is 1. The van der Waals surface area contributed by atoms with E-state index < -0.39 is 20.5 Å². The summed E-state index contributed by atoms with van der Waals surface area (Å²) in [5, 5.41) is 0.982. The molecule has 1 aromatic heterocycles. The van der Waals surface area contributed by atoms with Gasteiger partial charge in [0.2, 0.25) is 9.84 Å². The van der Waals surface area contributed by atoms with E-state index in [2.05, 4.69) is 0 Å². The van der Waals surface area contributed by atoms with Crippen molar-refractivity contribution in [2.45, 2.75) is 35.4 Å². The van der Waals surface area contributed by atoms with Crippen LogP contribution in [0.2, 0.25) is 0 Å². The molecule has 1 heterocycles. The summed E-state index contributed by atoms with van der Waals surface area (Å²) in [5.74, 6) is -3.10. The third-order valence-corrected chi connectivity index (χ3v) is 7.47. The Morgan fingerprint density at radius 2 is 1.61 bits per heavy atom. The van der Waals surface area contributed by atoms with Crippen LogP contribution < -0.4 is 5.56 Å². The van der Waals surface area contributed by atoms with Crippen LogP contribution in [0.1, 0.15) is 16.7 Å². The molecule has 0 amide bonds. The number of rotatable bonds is 6. The fraction of sp³-hybridized carbons (Fsp3) is 0.167. The number of hydrogen-bond donors (Lipinski definition) is 0. The first kappa shape index (κ1) is 23.1. The fourth-order valence-electron chi connectivity index (χ4n) is 3.54. The van der Waals surface area contributed by atoms with Gasteiger partial charge in [-0.2, -0.15) is 8.78 Å². The highest BCUT2D eigenvalue weighted by molar-refractivity contribution is 7.98. The molecular formula is C24H20F2N2O3S2. The molecule has 0 saturated heterocycles. The van der Waals surface area contributed by atoms with Crippen molar-refractivity contribution in [2.24, 2.45) is 0 Å². The highest BCUT2D eigenvalue weighted by Crippen LogP contribution is 2.27. The second-order valence-corrected chi connectivity index (χ2v) is 10.5. The molecule has 170 valence electrons. The van der Waals surface area contributed by atoms with Gasteiger partial charge in [-0.05, 0) is 66.9 Å². The number of thioether (sulfide) groups is 1. The Hall–Kier alpha value is -3.04. The SMILES string of the molecule is Cc1cc(C)cc(-n2c(SCc3ccc(S(=O)(=O)C(F)F)cc3)nc3ccccc3c2=O)c1. The maximum absolute atomic E-state index is 13.4. The van der Waals surface area contributed by atoms with Crippen LogP contribution in [0.3, 0.4) is 0 Å². The number of halogens is 2. The Bertz CT molecular complexity index is 1480. The molecule has 9 heteroatoms. The predicted octanol–water partition coefficient (Wildman–Crippen LogP) is 5.29. The van der Waals surface area contributed by atoms with Crippen LogP contribution in [0.4, 0.5) is 8.78 Å². The smallest absolute Gasteiger partial charge is 0.268 e. The first-order chi connectivity index (χ1) is 15.7. The van der Waals surface area contributed by atoms with Crippen molar-refractivity contribution in [1.29, 1.82) is 0 Å². The van der Waals surface area contributed by atoms with Crippen LogP contribution in [-0.4, -0.2) is 23.7 Å². The van der Waals surface area contributed by atoms with Crippen LogP contribution in [0.5, 0.6) is 0 Å². The Kier molecular flexibility index (Phi) is 6.36. The summed E-state index contributed by atoms with van der Waals surface area (Å²) in [4.78, 5) is 17.6. The first-order valence-electron chi connectivity index (χ1n) is 10.0. The minimum Gasteiger partial charge on any atom is -0.268 e. The summed E-state index contributed by atoms with van der Waals surface area (Å²) in [6, 6.07) is 18.3. The van der Waals surface area contributed by atoms with Gasteiger partial charge >= 0.3 is 5.76 Å². The van der Waals surface area contributed by atoms with E-state index in [1.807, 2.05) is 38.1 Å². The zero-order valence-electron chi connectivity index (χ0n) is 17.8. The van der Waals surface area contributed by atoms with Crippen LogP contribution >= 0.6 is 11.8 Å². The lowest BCUT2D eigenvalue weighted by atomic mass is 10.1. The van der Waals surface area contributed by atoms with Crippen molar-refractivity contribution in [3.8, 4) is 5.69 Å². The lowest BCUT2D eigenvalue weighted by Crippen LogP contribution is -2.22. The second-order valence-electron chi connectivity index (χ2n) is 7.64. The number of aryl methyl sites for hydroxylation is 2. The zero-order valence-corrected chi connectivity index (χ0v) is 19.5. The van der Waals surface area contributed by atoms with Gasteiger partial charge in [0.1, 0.15) is 0 Å². The van der Waals surface area contributed by atoms with Crippen molar-refractivity contribution in [2.75, 3.05) is 0 Å². The summed E-state index contributed by atoms with van der Waals surface area (Å²) in [7, 11) is -4.64. The third-order valence-electron chi connectivity index (χ3n) is 5.06. The molecule has 33 heavy (non-hydrogen) atoms. The van der Waals surface area contributed by atoms with Gasteiger partial charge in [-0.1, -0.05) is 42.1 Å². The zero-order chi connectivity index (χ0) is 23.8. The van der Waals surface area contributed by atoms with Crippen molar-refractivity contribution >= 4 is 32.5 Å². The van der Waals surface area contributed by atoms with E-state index in [0.29, 0.717) is 33.1 Å². The molecule has 0 spiro atoms. The molecule has 0 fully saturated rings. The fourth-order valence-corrected chi connectivity index (χ4v) is 5.23. The number of benzene rings is 3. The average molecular weight is 487 g/mol. The lowest BCUT2D eigenvalue weighted by molar-refractivity contribution is 0.234. The van der Waals surface area contributed by atoms with Crippen LogP contribution in [0.25, 0.3) is 16.6 Å². The van der Waals surface area contributed by atoms with E-state index in [0.717, 1.165) is 11.1 Å². The number of fused-ring (bicyclic) bond motifs is 1. The van der Waals surface area contributed by atoms with Crippen LogP contribution in [-0.2, 0) is 15.6 Å². The Labute approximate surface area is 194 Å². The number of sulfone groups is 1. The van der Waals surface area contributed by atoms with Crippen LogP contribution in [0, 0.1) is 13.8 Å². The minimum atomic E-state index is -4.64. The Morgan fingerprint density at radius 1 is 0.970 bits per heavy atom. The number of nitrogens with zero attached hydrogens (tertiary/aromatic N) is 2. The van der Waals surface area contributed by atoms with Crippen molar-refractivity contribution in [3.05, 3.63) is 93.8 Å². The van der Waals surface area contributed by atoms with Gasteiger partial charge in [0.25, 0.3) is 5.56 Å². The van der Waals surface area contributed by atoms with E-state index in [9.17, 15) is 22.0 Å². The van der Waals surface area contributed by atoms with Crippen molar-refractivity contribution < 1.29 is 17.2 Å². The van der Waals surface area contributed by atoms with Gasteiger partial charge in [0, 0.05) is 5.75 Å². The molecule has 3 aromatic carbocycles.